The van der Waals surface area contributed by atoms with Crippen LogP contribution in [0, 0.1) is 5.41 Å². The number of nitrogens with one attached hydrogen (secondary N) is 1. The molecule has 0 aliphatic heterocycles. The molecule has 4 rings (SSSR count). The van der Waals surface area contributed by atoms with E-state index in [2.05, 4.69) is 110 Å². The van der Waals surface area contributed by atoms with Gasteiger partial charge in [0.05, 0.1) is 17.1 Å². The lowest BCUT2D eigenvalue weighted by Crippen LogP contribution is -2.31. The van der Waals surface area contributed by atoms with Crippen molar-refractivity contribution < 1.29 is 0 Å². The normalized spacial score (nSPS) is 13.1. The largest absolute Gasteiger partial charge is 0.351 e. The van der Waals surface area contributed by atoms with Gasteiger partial charge in [0.15, 0.2) is 0 Å². The molecule has 1 unspecified atom stereocenters. The summed E-state index contributed by atoms with van der Waals surface area (Å²) in [6, 6.07) is 15.0. The standard InChI is InChI=1S/C29H36N6/c1-8-9-21-10-12-23(13-11-21)26-27(35-17-15-22(19-34(6)7)18-25(35)33-26)24-14-16-30-28(32-24)31-20(2)29(3,4)5/h8-18,20H,19H2,1-7H3,(H,30,31,32)/b9-8+. The lowest BCUT2D eigenvalue weighted by Gasteiger charge is -2.28. The van der Waals surface area contributed by atoms with Gasteiger partial charge in [-0.05, 0) is 62.7 Å². The third-order valence-electron chi connectivity index (χ3n) is 6.28. The number of hydrogen-bond donors (Lipinski definition) is 1. The fourth-order valence-electron chi connectivity index (χ4n) is 3.91. The predicted octanol–water partition coefficient (Wildman–Crippen LogP) is 6.40. The molecule has 6 nitrogen and oxygen atoms in total. The third-order valence-corrected chi connectivity index (χ3v) is 6.28. The molecule has 0 amide bonds. The molecular formula is C29H36N6. The minimum absolute atomic E-state index is 0.0886. The molecule has 35 heavy (non-hydrogen) atoms. The lowest BCUT2D eigenvalue weighted by atomic mass is 9.88. The van der Waals surface area contributed by atoms with Gasteiger partial charge in [-0.3, -0.25) is 4.40 Å². The molecule has 1 atom stereocenters. The van der Waals surface area contributed by atoms with Crippen LogP contribution in [0.1, 0.15) is 45.7 Å². The van der Waals surface area contributed by atoms with Crippen LogP contribution in [0.15, 0.2) is 60.9 Å². The molecule has 0 aliphatic carbocycles. The van der Waals surface area contributed by atoms with Gasteiger partial charge in [-0.15, -0.1) is 0 Å². The van der Waals surface area contributed by atoms with E-state index in [1.54, 1.807) is 0 Å². The molecule has 0 spiro atoms. The van der Waals surface area contributed by atoms with Gasteiger partial charge in [0.25, 0.3) is 0 Å². The first-order valence-electron chi connectivity index (χ1n) is 12.1. The van der Waals surface area contributed by atoms with Crippen molar-refractivity contribution in [3.05, 3.63) is 72.1 Å². The first-order chi connectivity index (χ1) is 16.7. The number of hydrogen-bond acceptors (Lipinski definition) is 5. The van der Waals surface area contributed by atoms with Crippen molar-refractivity contribution in [3.8, 4) is 22.6 Å². The summed E-state index contributed by atoms with van der Waals surface area (Å²) in [5.74, 6) is 0.624. The van der Waals surface area contributed by atoms with Crippen molar-refractivity contribution in [2.45, 2.75) is 47.2 Å². The molecule has 1 N–H and O–H groups in total. The summed E-state index contributed by atoms with van der Waals surface area (Å²) in [5.41, 5.74) is 7.15. The van der Waals surface area contributed by atoms with E-state index in [9.17, 15) is 0 Å². The van der Waals surface area contributed by atoms with Crippen LogP contribution in [0.2, 0.25) is 0 Å². The van der Waals surface area contributed by atoms with Crippen LogP contribution in [-0.4, -0.2) is 44.4 Å². The summed E-state index contributed by atoms with van der Waals surface area (Å²) in [6.45, 7) is 11.7. The van der Waals surface area contributed by atoms with E-state index in [-0.39, 0.29) is 11.5 Å². The van der Waals surface area contributed by atoms with Gasteiger partial charge >= 0.3 is 0 Å². The summed E-state index contributed by atoms with van der Waals surface area (Å²) in [5, 5.41) is 3.48. The zero-order chi connectivity index (χ0) is 25.2. The first kappa shape index (κ1) is 24.6. The fourth-order valence-corrected chi connectivity index (χ4v) is 3.91. The van der Waals surface area contributed by atoms with Gasteiger partial charge in [0.2, 0.25) is 5.95 Å². The number of nitrogens with zero attached hydrogens (tertiary/aromatic N) is 5. The lowest BCUT2D eigenvalue weighted by molar-refractivity contribution is 0.358. The Bertz CT molecular complexity index is 1330. The van der Waals surface area contributed by atoms with E-state index >= 15 is 0 Å². The van der Waals surface area contributed by atoms with E-state index in [4.69, 9.17) is 9.97 Å². The van der Waals surface area contributed by atoms with Crippen LogP contribution in [-0.2, 0) is 6.54 Å². The zero-order valence-corrected chi connectivity index (χ0v) is 21.9. The maximum atomic E-state index is 5.08. The van der Waals surface area contributed by atoms with Crippen molar-refractivity contribution >= 4 is 17.7 Å². The smallest absolute Gasteiger partial charge is 0.223 e. The van der Waals surface area contributed by atoms with Gasteiger partial charge in [0, 0.05) is 30.5 Å². The third kappa shape index (κ3) is 5.60. The van der Waals surface area contributed by atoms with Gasteiger partial charge in [0.1, 0.15) is 5.65 Å². The van der Waals surface area contributed by atoms with Crippen molar-refractivity contribution in [2.24, 2.45) is 5.41 Å². The Kier molecular flexibility index (Phi) is 7.03. The Labute approximate surface area is 208 Å². The number of rotatable bonds is 7. The van der Waals surface area contributed by atoms with E-state index in [1.165, 1.54) is 11.1 Å². The molecule has 3 aromatic heterocycles. The van der Waals surface area contributed by atoms with Crippen LogP contribution in [0.3, 0.4) is 0 Å². The van der Waals surface area contributed by atoms with E-state index in [0.29, 0.717) is 5.95 Å². The molecule has 6 heteroatoms. The minimum atomic E-state index is 0.0886. The number of benzene rings is 1. The molecule has 3 heterocycles. The van der Waals surface area contributed by atoms with Gasteiger partial charge in [-0.2, -0.15) is 0 Å². The minimum Gasteiger partial charge on any atom is -0.351 e. The van der Waals surface area contributed by atoms with Gasteiger partial charge in [-0.25, -0.2) is 15.0 Å². The molecule has 1 aromatic carbocycles. The molecule has 0 fully saturated rings. The van der Waals surface area contributed by atoms with Crippen molar-refractivity contribution in [3.63, 3.8) is 0 Å². The highest BCUT2D eigenvalue weighted by atomic mass is 15.1. The SMILES string of the molecule is C/C=C/c1ccc(-c2nc3cc(CN(C)C)ccn3c2-c2ccnc(NC(C)C(C)(C)C)n2)cc1. The molecule has 0 saturated carbocycles. The number of pyridine rings is 1. The Hall–Kier alpha value is -3.51. The number of anilines is 1. The molecular weight excluding hydrogens is 432 g/mol. The highest BCUT2D eigenvalue weighted by molar-refractivity contribution is 5.81. The second-order valence-corrected chi connectivity index (χ2v) is 10.4. The molecule has 182 valence electrons. The number of fused-ring (bicyclic) bond motifs is 1. The maximum absolute atomic E-state index is 5.08. The van der Waals surface area contributed by atoms with E-state index in [0.717, 1.165) is 34.8 Å². The summed E-state index contributed by atoms with van der Waals surface area (Å²) in [4.78, 5) is 16.7. The van der Waals surface area contributed by atoms with Crippen molar-refractivity contribution in [2.75, 3.05) is 19.4 Å². The number of aromatic nitrogens is 4. The van der Waals surface area contributed by atoms with Crippen LogP contribution >= 0.6 is 0 Å². The van der Waals surface area contributed by atoms with Crippen LogP contribution in [0.4, 0.5) is 5.95 Å². The van der Waals surface area contributed by atoms with Gasteiger partial charge < -0.3 is 10.2 Å². The molecule has 4 aromatic rings. The van der Waals surface area contributed by atoms with Crippen LogP contribution in [0.25, 0.3) is 34.4 Å². The zero-order valence-electron chi connectivity index (χ0n) is 21.9. The molecule has 0 bridgehead atoms. The Balaban J connectivity index is 1.85. The summed E-state index contributed by atoms with van der Waals surface area (Å²) in [6.07, 6.45) is 8.06. The summed E-state index contributed by atoms with van der Waals surface area (Å²) in [7, 11) is 4.15. The Morgan fingerprint density at radius 1 is 1.06 bits per heavy atom. The fraction of sp³-hybridized carbons (Fsp3) is 0.345. The highest BCUT2D eigenvalue weighted by Gasteiger charge is 2.22. The molecule has 0 saturated heterocycles. The quantitative estimate of drug-likeness (QED) is 0.340. The van der Waals surface area contributed by atoms with Crippen LogP contribution in [0.5, 0.6) is 0 Å². The average molecular weight is 469 g/mol. The van der Waals surface area contributed by atoms with Crippen LogP contribution < -0.4 is 5.32 Å². The Morgan fingerprint density at radius 3 is 2.46 bits per heavy atom. The predicted molar refractivity (Wildman–Crippen MR) is 146 cm³/mol. The second-order valence-electron chi connectivity index (χ2n) is 10.4. The topological polar surface area (TPSA) is 58.4 Å². The second kappa shape index (κ2) is 10.0. The van der Waals surface area contributed by atoms with Crippen molar-refractivity contribution in [1.29, 1.82) is 0 Å². The highest BCUT2D eigenvalue weighted by Crippen LogP contribution is 2.33. The van der Waals surface area contributed by atoms with E-state index in [1.807, 2.05) is 25.3 Å². The number of allylic oxidation sites excluding steroid dienone is 1. The van der Waals surface area contributed by atoms with Gasteiger partial charge in [-0.1, -0.05) is 57.2 Å². The summed E-state index contributed by atoms with van der Waals surface area (Å²) < 4.78 is 2.13. The first-order valence-corrected chi connectivity index (χ1v) is 12.1. The number of imidazole rings is 1. The monoisotopic (exact) mass is 468 g/mol. The van der Waals surface area contributed by atoms with E-state index < -0.39 is 0 Å². The molecule has 0 radical (unpaired) electrons. The maximum Gasteiger partial charge on any atom is 0.223 e. The molecule has 0 aliphatic rings. The summed E-state index contributed by atoms with van der Waals surface area (Å²) >= 11 is 0. The average Bonchev–Trinajstić information content (AvgIpc) is 3.17. The Morgan fingerprint density at radius 2 is 1.80 bits per heavy atom. The van der Waals surface area contributed by atoms with Crippen molar-refractivity contribution in [1.82, 2.24) is 24.3 Å².